The Morgan fingerprint density at radius 1 is 1.46 bits per heavy atom. The van der Waals surface area contributed by atoms with Crippen LogP contribution in [-0.4, -0.2) is 44.8 Å². The van der Waals surface area contributed by atoms with E-state index in [-0.39, 0.29) is 12.5 Å². The minimum atomic E-state index is -0.677. The number of rotatable bonds is 4. The van der Waals surface area contributed by atoms with Gasteiger partial charge in [0.1, 0.15) is 11.8 Å². The number of likely N-dealkylation sites (tertiary alicyclic amines) is 1. The van der Waals surface area contributed by atoms with Crippen molar-refractivity contribution in [3.63, 3.8) is 0 Å². The lowest BCUT2D eigenvalue weighted by molar-refractivity contribution is -0.139. The summed E-state index contributed by atoms with van der Waals surface area (Å²) in [5, 5.41) is 13.7. The molecule has 1 aromatic carbocycles. The van der Waals surface area contributed by atoms with Crippen molar-refractivity contribution in [1.29, 1.82) is 0 Å². The largest absolute Gasteiger partial charge is 0.481 e. The van der Waals surface area contributed by atoms with Crippen LogP contribution in [0, 0.1) is 13.8 Å². The predicted octanol–water partition coefficient (Wildman–Crippen LogP) is 1.79. The molecule has 0 spiro atoms. The van der Waals surface area contributed by atoms with Crippen molar-refractivity contribution in [2.75, 3.05) is 6.54 Å². The van der Waals surface area contributed by atoms with Crippen molar-refractivity contribution >= 4 is 5.91 Å². The van der Waals surface area contributed by atoms with E-state index in [0.717, 1.165) is 5.56 Å². The van der Waals surface area contributed by atoms with E-state index in [9.17, 15) is 9.90 Å². The first kappa shape index (κ1) is 16.4. The van der Waals surface area contributed by atoms with Crippen LogP contribution >= 0.6 is 0 Å². The summed E-state index contributed by atoms with van der Waals surface area (Å²) in [4.78, 5) is 18.5. The lowest BCUT2D eigenvalue weighted by Gasteiger charge is -2.25. The molecule has 1 aliphatic rings. The van der Waals surface area contributed by atoms with Crippen LogP contribution in [0.3, 0.4) is 0 Å². The lowest BCUT2D eigenvalue weighted by atomic mass is 10.2. The molecule has 128 valence electrons. The van der Waals surface area contributed by atoms with Crippen LogP contribution in [-0.2, 0) is 4.79 Å². The highest BCUT2D eigenvalue weighted by molar-refractivity contribution is 5.81. The van der Waals surface area contributed by atoms with Gasteiger partial charge in [0.05, 0.1) is 6.10 Å². The second kappa shape index (κ2) is 6.60. The summed E-state index contributed by atoms with van der Waals surface area (Å²) in [5.74, 6) is 1.28. The molecule has 1 aliphatic heterocycles. The Kier molecular flexibility index (Phi) is 4.53. The van der Waals surface area contributed by atoms with Crippen LogP contribution in [0.25, 0.3) is 0 Å². The maximum Gasteiger partial charge on any atom is 0.264 e. The quantitative estimate of drug-likeness (QED) is 0.919. The summed E-state index contributed by atoms with van der Waals surface area (Å²) in [5.41, 5.74) is 1.06. The molecule has 0 radical (unpaired) electrons. The van der Waals surface area contributed by atoms with Gasteiger partial charge in [-0.1, -0.05) is 17.3 Å². The highest BCUT2D eigenvalue weighted by Crippen LogP contribution is 2.32. The van der Waals surface area contributed by atoms with Gasteiger partial charge in [0.25, 0.3) is 5.91 Å². The molecule has 2 heterocycles. The summed E-state index contributed by atoms with van der Waals surface area (Å²) < 4.78 is 10.9. The Balaban J connectivity index is 1.74. The Hall–Kier alpha value is -2.41. The Labute approximate surface area is 140 Å². The number of aliphatic hydroxyl groups excluding tert-OH is 1. The van der Waals surface area contributed by atoms with E-state index < -0.39 is 18.2 Å². The van der Waals surface area contributed by atoms with Gasteiger partial charge in [-0.25, -0.2) is 0 Å². The third-order valence-corrected chi connectivity index (χ3v) is 4.04. The van der Waals surface area contributed by atoms with Gasteiger partial charge in [-0.05, 0) is 38.5 Å². The van der Waals surface area contributed by atoms with Gasteiger partial charge in [0, 0.05) is 13.0 Å². The van der Waals surface area contributed by atoms with E-state index in [0.29, 0.717) is 23.9 Å². The SMILES string of the molecule is Cc1cccc(O[C@@H](C)C(=O)N2C[C@H](O)C[C@@H]2c2nc(C)no2)c1. The number of amides is 1. The Bertz CT molecular complexity index is 730. The average Bonchev–Trinajstić information content (AvgIpc) is 3.12. The van der Waals surface area contributed by atoms with E-state index >= 15 is 0 Å². The van der Waals surface area contributed by atoms with Gasteiger partial charge in [0.2, 0.25) is 5.89 Å². The minimum absolute atomic E-state index is 0.214. The number of nitrogens with zero attached hydrogens (tertiary/aromatic N) is 3. The van der Waals surface area contributed by atoms with Crippen molar-refractivity contribution in [3.05, 3.63) is 41.5 Å². The number of carbonyl (C=O) groups excluding carboxylic acids is 1. The van der Waals surface area contributed by atoms with Crippen LogP contribution < -0.4 is 4.74 Å². The van der Waals surface area contributed by atoms with Gasteiger partial charge < -0.3 is 19.3 Å². The van der Waals surface area contributed by atoms with E-state index in [1.165, 1.54) is 0 Å². The first-order valence-electron chi connectivity index (χ1n) is 7.96. The number of benzene rings is 1. The zero-order valence-electron chi connectivity index (χ0n) is 14.0. The van der Waals surface area contributed by atoms with Gasteiger partial charge >= 0.3 is 0 Å². The standard InChI is InChI=1S/C17H21N3O4/c1-10-5-4-6-14(7-10)23-11(2)17(22)20-9-13(21)8-15(20)16-18-12(3)19-24-16/h4-7,11,13,15,21H,8-9H2,1-3H3/t11-,13+,15+/m0/s1. The fraction of sp³-hybridized carbons (Fsp3) is 0.471. The first-order chi connectivity index (χ1) is 11.4. The molecule has 2 aromatic rings. The molecule has 1 amide bonds. The van der Waals surface area contributed by atoms with Crippen molar-refractivity contribution in [3.8, 4) is 5.75 Å². The highest BCUT2D eigenvalue weighted by atomic mass is 16.5. The van der Waals surface area contributed by atoms with E-state index in [2.05, 4.69) is 10.1 Å². The first-order valence-corrected chi connectivity index (χ1v) is 7.96. The zero-order valence-corrected chi connectivity index (χ0v) is 14.0. The normalized spacial score (nSPS) is 21.8. The molecular weight excluding hydrogens is 310 g/mol. The summed E-state index contributed by atoms with van der Waals surface area (Å²) in [6.07, 6.45) is -0.911. The molecule has 0 bridgehead atoms. The van der Waals surface area contributed by atoms with Crippen molar-refractivity contribution in [2.24, 2.45) is 0 Å². The number of aliphatic hydroxyl groups is 1. The zero-order chi connectivity index (χ0) is 17.3. The summed E-state index contributed by atoms with van der Waals surface area (Å²) >= 11 is 0. The molecule has 0 saturated carbocycles. The molecule has 3 rings (SSSR count). The second-order valence-corrected chi connectivity index (χ2v) is 6.15. The van der Waals surface area contributed by atoms with Crippen LogP contribution in [0.1, 0.15) is 36.7 Å². The van der Waals surface area contributed by atoms with Crippen molar-refractivity contribution in [2.45, 2.75) is 45.4 Å². The van der Waals surface area contributed by atoms with E-state index in [1.807, 2.05) is 31.2 Å². The monoisotopic (exact) mass is 331 g/mol. The smallest absolute Gasteiger partial charge is 0.264 e. The number of hydrogen-bond acceptors (Lipinski definition) is 6. The number of β-amino-alcohol motifs (C(OH)–C–C–N with tert-alkyl or cyclic N) is 1. The third kappa shape index (κ3) is 3.41. The Morgan fingerprint density at radius 2 is 2.25 bits per heavy atom. The maximum absolute atomic E-state index is 12.8. The fourth-order valence-electron chi connectivity index (χ4n) is 2.92. The topological polar surface area (TPSA) is 88.7 Å². The van der Waals surface area contributed by atoms with Gasteiger partial charge in [-0.3, -0.25) is 4.79 Å². The van der Waals surface area contributed by atoms with Crippen LogP contribution in [0.4, 0.5) is 0 Å². The molecule has 7 nitrogen and oxygen atoms in total. The lowest BCUT2D eigenvalue weighted by Crippen LogP contribution is -2.40. The molecular formula is C17H21N3O4. The maximum atomic E-state index is 12.8. The second-order valence-electron chi connectivity index (χ2n) is 6.15. The number of carbonyl (C=O) groups is 1. The molecule has 0 unspecified atom stereocenters. The Morgan fingerprint density at radius 3 is 2.92 bits per heavy atom. The summed E-state index contributed by atoms with van der Waals surface area (Å²) in [6.45, 7) is 5.61. The van der Waals surface area contributed by atoms with E-state index in [4.69, 9.17) is 9.26 Å². The number of ether oxygens (including phenoxy) is 1. The predicted molar refractivity (Wildman–Crippen MR) is 85.4 cm³/mol. The number of aryl methyl sites for hydroxylation is 2. The van der Waals surface area contributed by atoms with Gasteiger partial charge in [0.15, 0.2) is 11.9 Å². The van der Waals surface area contributed by atoms with Crippen molar-refractivity contribution < 1.29 is 19.2 Å². The third-order valence-electron chi connectivity index (χ3n) is 4.04. The van der Waals surface area contributed by atoms with Crippen LogP contribution in [0.5, 0.6) is 5.75 Å². The number of aromatic nitrogens is 2. The fourth-order valence-corrected chi connectivity index (χ4v) is 2.92. The molecule has 1 fully saturated rings. The molecule has 3 atom stereocenters. The number of hydrogen-bond donors (Lipinski definition) is 1. The van der Waals surface area contributed by atoms with Crippen LogP contribution in [0.2, 0.25) is 0 Å². The van der Waals surface area contributed by atoms with Crippen molar-refractivity contribution in [1.82, 2.24) is 15.0 Å². The van der Waals surface area contributed by atoms with Gasteiger partial charge in [-0.2, -0.15) is 4.98 Å². The summed E-state index contributed by atoms with van der Waals surface area (Å²) in [6, 6.07) is 7.11. The van der Waals surface area contributed by atoms with Gasteiger partial charge in [-0.15, -0.1) is 0 Å². The molecule has 7 heteroatoms. The summed E-state index contributed by atoms with van der Waals surface area (Å²) in [7, 11) is 0. The molecule has 1 N–H and O–H groups in total. The molecule has 1 aromatic heterocycles. The molecule has 0 aliphatic carbocycles. The molecule has 1 saturated heterocycles. The highest BCUT2D eigenvalue weighted by Gasteiger charge is 2.40. The average molecular weight is 331 g/mol. The minimum Gasteiger partial charge on any atom is -0.481 e. The van der Waals surface area contributed by atoms with E-state index in [1.54, 1.807) is 18.7 Å². The van der Waals surface area contributed by atoms with Crippen LogP contribution in [0.15, 0.2) is 28.8 Å². The molecule has 24 heavy (non-hydrogen) atoms.